The molecule has 2 aromatic rings. The van der Waals surface area contributed by atoms with Gasteiger partial charge in [-0.2, -0.15) is 0 Å². The first-order valence-electron chi connectivity index (χ1n) is 8.40. The van der Waals surface area contributed by atoms with Crippen molar-refractivity contribution in [3.8, 4) is 11.1 Å². The Kier molecular flexibility index (Phi) is 5.35. The third-order valence-electron chi connectivity index (χ3n) is 4.46. The van der Waals surface area contributed by atoms with Crippen LogP contribution in [0.25, 0.3) is 11.1 Å². The summed E-state index contributed by atoms with van der Waals surface area (Å²) in [5, 5.41) is 11.3. The largest absolute Gasteiger partial charge is 0.480 e. The van der Waals surface area contributed by atoms with Gasteiger partial charge in [-0.05, 0) is 22.3 Å². The Morgan fingerprint density at radius 3 is 2.11 bits per heavy atom. The summed E-state index contributed by atoms with van der Waals surface area (Å²) in [6.07, 6.45) is -1.50. The number of hydrogen-bond acceptors (Lipinski definition) is 4. The number of carbonyl (C=O) groups is 2. The van der Waals surface area contributed by atoms with Crippen LogP contribution in [-0.4, -0.2) is 47.5 Å². The summed E-state index contributed by atoms with van der Waals surface area (Å²) >= 11 is 0. The number of carboxylic acid groups (broad SMARTS) is 1. The molecule has 2 atom stereocenters. The number of amides is 1. The first-order chi connectivity index (χ1) is 12.8. The zero-order chi connectivity index (χ0) is 19.6. The second-order valence-electron chi connectivity index (χ2n) is 6.59. The number of ether oxygens (including phenoxy) is 1. The topological polar surface area (TPSA) is 113 Å². The molecule has 0 spiro atoms. The average Bonchev–Trinajstić information content (AvgIpc) is 2.92. The van der Waals surface area contributed by atoms with Crippen LogP contribution in [-0.2, 0) is 14.1 Å². The van der Waals surface area contributed by atoms with Gasteiger partial charge >= 0.3 is 12.1 Å². The maximum absolute atomic E-state index is 12.1. The molecular weight excluding hydrogens is 369 g/mol. The van der Waals surface area contributed by atoms with Crippen LogP contribution >= 0.6 is 7.37 Å². The second-order valence-corrected chi connectivity index (χ2v) is 9.06. The molecule has 1 aliphatic carbocycles. The lowest BCUT2D eigenvalue weighted by Crippen LogP contribution is -2.43. The summed E-state index contributed by atoms with van der Waals surface area (Å²) in [5.41, 5.74) is 4.24. The molecule has 0 radical (unpaired) electrons. The van der Waals surface area contributed by atoms with Crippen molar-refractivity contribution < 1.29 is 28.9 Å². The molecule has 0 aromatic heterocycles. The Bertz CT molecular complexity index is 876. The number of fused-ring (bicyclic) bond motifs is 3. The van der Waals surface area contributed by atoms with Crippen molar-refractivity contribution in [3.05, 3.63) is 59.7 Å². The molecule has 1 aliphatic rings. The van der Waals surface area contributed by atoms with Gasteiger partial charge in [-0.25, -0.2) is 9.59 Å². The third-order valence-corrected chi connectivity index (χ3v) is 5.50. The highest BCUT2D eigenvalue weighted by molar-refractivity contribution is 7.57. The summed E-state index contributed by atoms with van der Waals surface area (Å²) in [5.74, 6) is -1.54. The quantitative estimate of drug-likeness (QED) is 0.655. The SMILES string of the molecule is CP(=O)(O)CC(NC(=O)OCC1c2ccccc2-c2ccccc21)C(=O)O. The summed E-state index contributed by atoms with van der Waals surface area (Å²) in [6, 6.07) is 14.2. The first-order valence-corrected chi connectivity index (χ1v) is 10.7. The zero-order valence-corrected chi connectivity index (χ0v) is 15.6. The molecule has 2 unspecified atom stereocenters. The molecule has 0 saturated heterocycles. The van der Waals surface area contributed by atoms with E-state index in [1.165, 1.54) is 0 Å². The number of benzene rings is 2. The molecule has 8 heteroatoms. The Morgan fingerprint density at radius 2 is 1.63 bits per heavy atom. The Hall–Kier alpha value is -2.63. The molecule has 142 valence electrons. The van der Waals surface area contributed by atoms with Gasteiger partial charge in [-0.1, -0.05) is 48.5 Å². The minimum absolute atomic E-state index is 0.0368. The second kappa shape index (κ2) is 7.55. The predicted molar refractivity (Wildman–Crippen MR) is 100 cm³/mol. The Balaban J connectivity index is 1.70. The number of alkyl carbamates (subject to hydrolysis) is 1. The molecule has 0 fully saturated rings. The highest BCUT2D eigenvalue weighted by Gasteiger charge is 2.31. The summed E-state index contributed by atoms with van der Waals surface area (Å²) in [7, 11) is -3.61. The predicted octanol–water partition coefficient (Wildman–Crippen LogP) is 2.88. The van der Waals surface area contributed by atoms with Crippen LogP contribution in [0.3, 0.4) is 0 Å². The van der Waals surface area contributed by atoms with Gasteiger partial charge in [0.25, 0.3) is 0 Å². The van der Waals surface area contributed by atoms with E-state index in [4.69, 9.17) is 9.84 Å². The summed E-state index contributed by atoms with van der Waals surface area (Å²) in [6.45, 7) is 1.08. The van der Waals surface area contributed by atoms with Crippen molar-refractivity contribution >= 4 is 19.4 Å². The zero-order valence-electron chi connectivity index (χ0n) is 14.7. The van der Waals surface area contributed by atoms with Crippen LogP contribution < -0.4 is 5.32 Å². The molecule has 27 heavy (non-hydrogen) atoms. The van der Waals surface area contributed by atoms with E-state index < -0.39 is 31.6 Å². The molecule has 7 nitrogen and oxygen atoms in total. The lowest BCUT2D eigenvalue weighted by atomic mass is 9.98. The first kappa shape index (κ1) is 19.1. The lowest BCUT2D eigenvalue weighted by molar-refractivity contribution is -0.138. The molecule has 3 rings (SSSR count). The molecule has 2 aromatic carbocycles. The highest BCUT2D eigenvalue weighted by atomic mass is 31.2. The Morgan fingerprint density at radius 1 is 1.11 bits per heavy atom. The number of carboxylic acids is 1. The van der Waals surface area contributed by atoms with Crippen LogP contribution in [0.15, 0.2) is 48.5 Å². The molecule has 1 amide bonds. The fourth-order valence-corrected chi connectivity index (χ4v) is 4.23. The Labute approximate surface area is 156 Å². The number of rotatable bonds is 6. The lowest BCUT2D eigenvalue weighted by Gasteiger charge is -2.18. The van der Waals surface area contributed by atoms with Gasteiger partial charge in [0.05, 0.1) is 6.16 Å². The van der Waals surface area contributed by atoms with Crippen LogP contribution in [0, 0.1) is 0 Å². The monoisotopic (exact) mass is 389 g/mol. The fourth-order valence-electron chi connectivity index (χ4n) is 3.31. The van der Waals surface area contributed by atoms with Gasteiger partial charge < -0.3 is 20.1 Å². The number of hydrogen-bond donors (Lipinski definition) is 3. The molecule has 0 heterocycles. The minimum Gasteiger partial charge on any atom is -0.480 e. The van der Waals surface area contributed by atoms with E-state index in [9.17, 15) is 19.0 Å². The van der Waals surface area contributed by atoms with E-state index in [0.717, 1.165) is 28.9 Å². The molecule has 3 N–H and O–H groups in total. The van der Waals surface area contributed by atoms with Gasteiger partial charge in [0.1, 0.15) is 12.6 Å². The maximum Gasteiger partial charge on any atom is 0.407 e. The van der Waals surface area contributed by atoms with E-state index in [0.29, 0.717) is 0 Å². The van der Waals surface area contributed by atoms with Crippen LogP contribution in [0.5, 0.6) is 0 Å². The number of carbonyl (C=O) groups excluding carboxylic acids is 1. The summed E-state index contributed by atoms with van der Waals surface area (Å²) in [4.78, 5) is 32.6. The minimum atomic E-state index is -3.61. The van der Waals surface area contributed by atoms with Gasteiger partial charge in [-0.15, -0.1) is 0 Å². The van der Waals surface area contributed by atoms with Crippen LogP contribution in [0.2, 0.25) is 0 Å². The maximum atomic E-state index is 12.1. The van der Waals surface area contributed by atoms with Gasteiger partial charge in [0.2, 0.25) is 0 Å². The van der Waals surface area contributed by atoms with Crippen molar-refractivity contribution in [2.24, 2.45) is 0 Å². The average molecular weight is 389 g/mol. The van der Waals surface area contributed by atoms with Crippen molar-refractivity contribution in [1.82, 2.24) is 5.32 Å². The standard InChI is InChI=1S/C19H20NO6P/c1-27(24,25)11-17(18(21)22)20-19(23)26-10-16-14-8-4-2-6-12(14)13-7-3-5-9-15(13)16/h2-9,16-17H,10-11H2,1H3,(H,20,23)(H,21,22)(H,24,25). The fraction of sp³-hybridized carbons (Fsp3) is 0.263. The number of aliphatic carboxylic acids is 1. The summed E-state index contributed by atoms with van der Waals surface area (Å²) < 4.78 is 16.7. The normalized spacial score (nSPS) is 15.9. The number of nitrogens with one attached hydrogen (secondary N) is 1. The molecular formula is C19H20NO6P. The van der Waals surface area contributed by atoms with Crippen molar-refractivity contribution in [3.63, 3.8) is 0 Å². The molecule has 0 aliphatic heterocycles. The smallest absolute Gasteiger partial charge is 0.407 e. The van der Waals surface area contributed by atoms with E-state index >= 15 is 0 Å². The third kappa shape index (κ3) is 4.38. The van der Waals surface area contributed by atoms with Gasteiger partial charge in [-0.3, -0.25) is 4.57 Å². The van der Waals surface area contributed by atoms with E-state index in [2.05, 4.69) is 5.32 Å². The molecule has 0 bridgehead atoms. The van der Waals surface area contributed by atoms with Crippen LogP contribution in [0.4, 0.5) is 4.79 Å². The molecule has 0 saturated carbocycles. The van der Waals surface area contributed by atoms with Crippen molar-refractivity contribution in [2.75, 3.05) is 19.4 Å². The van der Waals surface area contributed by atoms with E-state index in [-0.39, 0.29) is 12.5 Å². The van der Waals surface area contributed by atoms with Gasteiger partial charge in [0, 0.05) is 12.6 Å². The van der Waals surface area contributed by atoms with E-state index in [1.807, 2.05) is 48.5 Å². The highest BCUT2D eigenvalue weighted by Crippen LogP contribution is 2.44. The van der Waals surface area contributed by atoms with Crippen LogP contribution in [0.1, 0.15) is 17.0 Å². The van der Waals surface area contributed by atoms with E-state index in [1.54, 1.807) is 0 Å². The van der Waals surface area contributed by atoms with Crippen molar-refractivity contribution in [2.45, 2.75) is 12.0 Å². The van der Waals surface area contributed by atoms with Crippen molar-refractivity contribution in [1.29, 1.82) is 0 Å². The van der Waals surface area contributed by atoms with Gasteiger partial charge in [0.15, 0.2) is 7.37 Å².